The Morgan fingerprint density at radius 2 is 0.556 bits per heavy atom. The fourth-order valence-corrected chi connectivity index (χ4v) is 14.3. The van der Waals surface area contributed by atoms with Crippen LogP contribution < -0.4 is 10.6 Å². The zero-order chi connectivity index (χ0) is 41.4. The number of hydrogen-bond acceptors (Lipinski definition) is 14. The molecule has 0 saturated carbocycles. The lowest BCUT2D eigenvalue weighted by atomic mass is 9.68. The SMILES string of the molecule is CO[Si](CCCC(CCC[Si](OC)(OC)OC)(CCC(CCC[Si](OC)(OC)OC)(CCC[Si](OC)(OC)OC)CNC(C)=O)CNC(C)=O)(OC)OC. The summed E-state index contributed by atoms with van der Waals surface area (Å²) >= 11 is 0. The van der Waals surface area contributed by atoms with Crippen molar-refractivity contribution in [3.63, 3.8) is 0 Å². The Labute approximate surface area is 331 Å². The van der Waals surface area contributed by atoms with E-state index in [0.29, 0.717) is 37.3 Å². The Bertz CT molecular complexity index is 856. The van der Waals surface area contributed by atoms with Crippen LogP contribution in [-0.4, -0.2) is 145 Å². The molecule has 0 aliphatic heterocycles. The number of rotatable bonds is 35. The Kier molecular flexibility index (Phi) is 26.8. The molecule has 0 aliphatic rings. The van der Waals surface area contributed by atoms with E-state index in [-0.39, 0.29) is 22.6 Å². The smallest absolute Gasteiger partial charge is 0.377 e. The van der Waals surface area contributed by atoms with Crippen LogP contribution in [0.2, 0.25) is 24.2 Å². The van der Waals surface area contributed by atoms with Gasteiger partial charge in [-0.3, -0.25) is 9.59 Å². The van der Waals surface area contributed by atoms with Gasteiger partial charge in [-0.15, -0.1) is 0 Å². The standard InChI is InChI=1S/C34H76N2O14Si4/c1-31(37)35-29-33(19-15-25-51(39-3,40-4)41-5,20-16-26-52(42-6,43-7)44-8)23-24-34(30-36-32(2)38,21-17-27-53(45-9,46-10)47-11)22-18-28-54(48-12,49-13)50-14/h15-30H2,1-14H3,(H,35,37)(H,36,38). The van der Waals surface area contributed by atoms with Gasteiger partial charge < -0.3 is 63.7 Å². The normalized spacial score (nSPS) is 13.4. The first-order chi connectivity index (χ1) is 25.6. The van der Waals surface area contributed by atoms with E-state index in [0.717, 1.165) is 64.2 Å². The summed E-state index contributed by atoms with van der Waals surface area (Å²) < 4.78 is 69.3. The summed E-state index contributed by atoms with van der Waals surface area (Å²) in [6.07, 6.45) is 7.52. The van der Waals surface area contributed by atoms with E-state index in [1.54, 1.807) is 99.2 Å². The van der Waals surface area contributed by atoms with Crippen molar-refractivity contribution in [2.45, 2.75) is 102 Å². The third-order valence-corrected chi connectivity index (χ3v) is 22.4. The number of nitrogens with one attached hydrogen (secondary N) is 2. The summed E-state index contributed by atoms with van der Waals surface area (Å²) in [6.45, 7) is 4.00. The van der Waals surface area contributed by atoms with Gasteiger partial charge in [0.05, 0.1) is 0 Å². The lowest BCUT2D eigenvalue weighted by molar-refractivity contribution is -0.120. The molecule has 0 radical (unpaired) electrons. The molecule has 0 saturated heterocycles. The van der Waals surface area contributed by atoms with Crippen LogP contribution in [0.4, 0.5) is 0 Å². The highest BCUT2D eigenvalue weighted by atomic mass is 28.4. The maximum absolute atomic E-state index is 12.5. The number of amides is 2. The van der Waals surface area contributed by atoms with Crippen molar-refractivity contribution >= 4 is 47.0 Å². The molecule has 0 aliphatic carbocycles. The van der Waals surface area contributed by atoms with Crippen LogP contribution in [0.25, 0.3) is 0 Å². The fourth-order valence-electron chi connectivity index (χ4n) is 7.38. The van der Waals surface area contributed by atoms with Crippen molar-refractivity contribution in [2.24, 2.45) is 10.8 Å². The van der Waals surface area contributed by atoms with Crippen LogP contribution in [0.5, 0.6) is 0 Å². The summed E-state index contributed by atoms with van der Waals surface area (Å²) in [7, 11) is 7.94. The van der Waals surface area contributed by atoms with Crippen molar-refractivity contribution in [1.29, 1.82) is 0 Å². The Morgan fingerprint density at radius 3 is 0.704 bits per heavy atom. The number of carbonyl (C=O) groups is 2. The molecule has 54 heavy (non-hydrogen) atoms. The molecule has 16 nitrogen and oxygen atoms in total. The second-order valence-corrected chi connectivity index (χ2v) is 26.3. The van der Waals surface area contributed by atoms with Crippen molar-refractivity contribution in [3.8, 4) is 0 Å². The molecule has 0 spiro atoms. The van der Waals surface area contributed by atoms with Gasteiger partial charge in [0.2, 0.25) is 11.8 Å². The molecule has 0 aromatic rings. The average molecular weight is 849 g/mol. The third-order valence-electron chi connectivity index (χ3n) is 11.1. The topological polar surface area (TPSA) is 169 Å². The molecule has 2 N–H and O–H groups in total. The van der Waals surface area contributed by atoms with Gasteiger partial charge in [-0.25, -0.2) is 0 Å². The van der Waals surface area contributed by atoms with Crippen LogP contribution in [0.15, 0.2) is 0 Å². The first-order valence-corrected chi connectivity index (χ1v) is 26.4. The molecule has 0 aromatic carbocycles. The molecule has 2 amide bonds. The molecule has 0 heterocycles. The third kappa shape index (κ3) is 17.4. The van der Waals surface area contributed by atoms with E-state index in [1.807, 2.05) is 0 Å². The van der Waals surface area contributed by atoms with Crippen LogP contribution in [0.3, 0.4) is 0 Å². The summed E-state index contributed by atoms with van der Waals surface area (Å²) in [5.74, 6) is -0.208. The van der Waals surface area contributed by atoms with Gasteiger partial charge in [0.1, 0.15) is 0 Å². The highest BCUT2D eigenvalue weighted by Crippen LogP contribution is 2.45. The van der Waals surface area contributed by atoms with Crippen LogP contribution in [0, 0.1) is 10.8 Å². The minimum Gasteiger partial charge on any atom is -0.377 e. The van der Waals surface area contributed by atoms with Crippen molar-refractivity contribution in [2.75, 3.05) is 98.4 Å². The van der Waals surface area contributed by atoms with E-state index in [1.165, 1.54) is 0 Å². The van der Waals surface area contributed by atoms with Gasteiger partial charge in [-0.2, -0.15) is 0 Å². The lowest BCUT2D eigenvalue weighted by Gasteiger charge is -2.42. The molecule has 0 atom stereocenters. The summed E-state index contributed by atoms with van der Waals surface area (Å²) in [4.78, 5) is 25.1. The molecular formula is C34H76N2O14Si4. The number of hydrogen-bond donors (Lipinski definition) is 2. The van der Waals surface area contributed by atoms with Crippen molar-refractivity contribution in [3.05, 3.63) is 0 Å². The van der Waals surface area contributed by atoms with Gasteiger partial charge in [0.15, 0.2) is 0 Å². The summed E-state index contributed by atoms with van der Waals surface area (Å²) in [6, 6.07) is 2.44. The minimum absolute atomic E-state index is 0.104. The zero-order valence-corrected chi connectivity index (χ0v) is 40.0. The van der Waals surface area contributed by atoms with Gasteiger partial charge in [0.25, 0.3) is 0 Å². The molecule has 0 rings (SSSR count). The van der Waals surface area contributed by atoms with Gasteiger partial charge in [-0.05, 0) is 75.0 Å². The van der Waals surface area contributed by atoms with Crippen molar-refractivity contribution in [1.82, 2.24) is 10.6 Å². The largest absolute Gasteiger partial charge is 0.500 e. The molecule has 0 fully saturated rings. The Morgan fingerprint density at radius 1 is 0.370 bits per heavy atom. The number of carbonyl (C=O) groups excluding carboxylic acids is 2. The first kappa shape index (κ1) is 53.3. The molecule has 0 aromatic heterocycles. The Hall–Kier alpha value is -0.672. The van der Waals surface area contributed by atoms with Crippen LogP contribution in [0.1, 0.15) is 78.1 Å². The van der Waals surface area contributed by atoms with Crippen LogP contribution in [-0.2, 0) is 62.7 Å². The molecule has 20 heteroatoms. The van der Waals surface area contributed by atoms with E-state index >= 15 is 0 Å². The summed E-state index contributed by atoms with van der Waals surface area (Å²) in [5, 5.41) is 6.32. The van der Waals surface area contributed by atoms with E-state index in [2.05, 4.69) is 10.6 Å². The van der Waals surface area contributed by atoms with Crippen molar-refractivity contribution < 1.29 is 62.7 Å². The maximum atomic E-state index is 12.5. The monoisotopic (exact) mass is 848 g/mol. The van der Waals surface area contributed by atoms with Gasteiger partial charge in [-0.1, -0.05) is 0 Å². The average Bonchev–Trinajstić information content (AvgIpc) is 3.19. The van der Waals surface area contributed by atoms with Crippen LogP contribution >= 0.6 is 0 Å². The van der Waals surface area contributed by atoms with E-state index < -0.39 is 35.2 Å². The van der Waals surface area contributed by atoms with E-state index in [9.17, 15) is 9.59 Å². The predicted octanol–water partition coefficient (Wildman–Crippen LogP) is 4.64. The minimum atomic E-state index is -2.87. The molecular weight excluding hydrogens is 773 g/mol. The molecule has 0 bridgehead atoms. The quantitative estimate of drug-likeness (QED) is 0.0846. The fraction of sp³-hybridized carbons (Fsp3) is 0.941. The molecule has 322 valence electrons. The Balaban J connectivity index is 7.10. The summed E-state index contributed by atoms with van der Waals surface area (Å²) in [5.41, 5.74) is -0.710. The molecule has 0 unspecified atom stereocenters. The zero-order valence-electron chi connectivity index (χ0n) is 36.0. The highest BCUT2D eigenvalue weighted by Gasteiger charge is 2.44. The predicted molar refractivity (Wildman–Crippen MR) is 215 cm³/mol. The highest BCUT2D eigenvalue weighted by molar-refractivity contribution is 6.61. The van der Waals surface area contributed by atoms with E-state index in [4.69, 9.17) is 53.1 Å². The second kappa shape index (κ2) is 27.1. The van der Waals surface area contributed by atoms with Gasteiger partial charge in [0, 0.05) is 136 Å². The maximum Gasteiger partial charge on any atom is 0.500 e. The lowest BCUT2D eigenvalue weighted by Crippen LogP contribution is -2.45. The first-order valence-electron chi connectivity index (χ1n) is 18.7. The van der Waals surface area contributed by atoms with Gasteiger partial charge >= 0.3 is 35.2 Å². The second-order valence-electron chi connectivity index (χ2n) is 13.9.